The lowest BCUT2D eigenvalue weighted by Gasteiger charge is -2.36. The van der Waals surface area contributed by atoms with Gasteiger partial charge in [0, 0.05) is 38.6 Å². The number of piperazine rings is 1. The quantitative estimate of drug-likeness (QED) is 0.774. The van der Waals surface area contributed by atoms with Crippen molar-refractivity contribution < 1.29 is 14.3 Å². The van der Waals surface area contributed by atoms with Gasteiger partial charge >= 0.3 is 5.97 Å². The van der Waals surface area contributed by atoms with Crippen LogP contribution in [0.5, 0.6) is 0 Å². The highest BCUT2D eigenvalue weighted by Gasteiger charge is 2.21. The molecule has 7 nitrogen and oxygen atoms in total. The molecule has 0 saturated carbocycles. The fraction of sp³-hybridized carbons (Fsp3) is 0.381. The number of aromatic nitrogens is 1. The maximum absolute atomic E-state index is 12.7. The molecule has 7 heteroatoms. The van der Waals surface area contributed by atoms with Crippen LogP contribution in [0.3, 0.4) is 0 Å². The van der Waals surface area contributed by atoms with E-state index in [4.69, 9.17) is 4.74 Å². The van der Waals surface area contributed by atoms with Gasteiger partial charge in [0.15, 0.2) is 0 Å². The minimum absolute atomic E-state index is 0.262. The highest BCUT2D eigenvalue weighted by molar-refractivity contribution is 6.06. The Bertz CT molecular complexity index is 818. The van der Waals surface area contributed by atoms with Crippen molar-refractivity contribution in [2.24, 2.45) is 0 Å². The maximum Gasteiger partial charge on any atom is 0.338 e. The van der Waals surface area contributed by atoms with E-state index in [-0.39, 0.29) is 5.91 Å². The molecule has 1 saturated heterocycles. The average molecular weight is 382 g/mol. The number of benzene rings is 1. The number of amides is 1. The monoisotopic (exact) mass is 382 g/mol. The minimum atomic E-state index is -0.401. The van der Waals surface area contributed by atoms with E-state index in [1.807, 2.05) is 6.07 Å². The molecule has 0 radical (unpaired) electrons. The lowest BCUT2D eigenvalue weighted by atomic mass is 10.1. The Labute approximate surface area is 165 Å². The number of likely N-dealkylation sites (N-methyl/N-ethyl adjacent to an activating group) is 1. The van der Waals surface area contributed by atoms with Crippen molar-refractivity contribution in [2.75, 3.05) is 49.5 Å². The van der Waals surface area contributed by atoms with Crippen LogP contribution in [0.4, 0.5) is 11.4 Å². The van der Waals surface area contributed by atoms with Gasteiger partial charge in [-0.15, -0.1) is 0 Å². The van der Waals surface area contributed by atoms with Crippen molar-refractivity contribution in [3.8, 4) is 0 Å². The van der Waals surface area contributed by atoms with Crippen molar-refractivity contribution >= 4 is 23.3 Å². The number of ether oxygens (including phenoxy) is 1. The summed E-state index contributed by atoms with van der Waals surface area (Å²) in [6, 6.07) is 8.74. The number of rotatable bonds is 6. The number of carbonyl (C=O) groups excluding carboxylic acids is 2. The van der Waals surface area contributed by atoms with E-state index in [2.05, 4.69) is 27.0 Å². The molecule has 2 aromatic rings. The fourth-order valence-electron chi connectivity index (χ4n) is 3.25. The first-order valence-corrected chi connectivity index (χ1v) is 9.62. The van der Waals surface area contributed by atoms with Crippen LogP contribution in [0.25, 0.3) is 0 Å². The molecule has 0 aliphatic carbocycles. The van der Waals surface area contributed by atoms with E-state index >= 15 is 0 Å². The van der Waals surface area contributed by atoms with Gasteiger partial charge in [-0.3, -0.25) is 9.78 Å². The lowest BCUT2D eigenvalue weighted by molar-refractivity contribution is 0.0526. The second-order valence-corrected chi connectivity index (χ2v) is 6.57. The van der Waals surface area contributed by atoms with E-state index < -0.39 is 5.97 Å². The summed E-state index contributed by atoms with van der Waals surface area (Å²) in [4.78, 5) is 33.4. The third-order valence-electron chi connectivity index (χ3n) is 4.84. The number of pyridine rings is 1. The molecule has 1 N–H and O–H groups in total. The largest absolute Gasteiger partial charge is 0.462 e. The van der Waals surface area contributed by atoms with Crippen LogP contribution in [-0.2, 0) is 4.74 Å². The van der Waals surface area contributed by atoms with Gasteiger partial charge in [0.2, 0.25) is 0 Å². The van der Waals surface area contributed by atoms with Gasteiger partial charge < -0.3 is 19.9 Å². The van der Waals surface area contributed by atoms with Gasteiger partial charge in [0.05, 0.1) is 29.1 Å². The number of hydrogen-bond donors (Lipinski definition) is 1. The SMILES string of the molecule is CCOC(=O)c1ccc(N2CCN(CC)CC2)c(NC(=O)c2cccnc2)c1. The van der Waals surface area contributed by atoms with Crippen LogP contribution in [-0.4, -0.2) is 61.1 Å². The summed E-state index contributed by atoms with van der Waals surface area (Å²) in [5.74, 6) is -0.663. The summed E-state index contributed by atoms with van der Waals surface area (Å²) in [6.45, 7) is 8.91. The molecule has 1 aromatic heterocycles. The third-order valence-corrected chi connectivity index (χ3v) is 4.84. The van der Waals surface area contributed by atoms with Gasteiger partial charge in [-0.05, 0) is 43.8 Å². The molecule has 28 heavy (non-hydrogen) atoms. The van der Waals surface area contributed by atoms with Crippen LogP contribution < -0.4 is 10.2 Å². The van der Waals surface area contributed by atoms with Crippen molar-refractivity contribution in [3.05, 3.63) is 53.9 Å². The zero-order valence-corrected chi connectivity index (χ0v) is 16.4. The van der Waals surface area contributed by atoms with Gasteiger partial charge in [-0.2, -0.15) is 0 Å². The summed E-state index contributed by atoms with van der Waals surface area (Å²) >= 11 is 0. The van der Waals surface area contributed by atoms with E-state index in [0.29, 0.717) is 23.4 Å². The Morgan fingerprint density at radius 1 is 1.11 bits per heavy atom. The van der Waals surface area contributed by atoms with E-state index in [0.717, 1.165) is 38.4 Å². The summed E-state index contributed by atoms with van der Waals surface area (Å²) in [6.07, 6.45) is 3.14. The smallest absolute Gasteiger partial charge is 0.338 e. The van der Waals surface area contributed by atoms with Crippen LogP contribution in [0.2, 0.25) is 0 Å². The number of carbonyl (C=O) groups is 2. The minimum Gasteiger partial charge on any atom is -0.462 e. The normalized spacial score (nSPS) is 14.6. The van der Waals surface area contributed by atoms with Crippen LogP contribution in [0.15, 0.2) is 42.7 Å². The number of hydrogen-bond acceptors (Lipinski definition) is 6. The molecular weight excluding hydrogens is 356 g/mol. The van der Waals surface area contributed by atoms with Gasteiger partial charge in [0.1, 0.15) is 0 Å². The van der Waals surface area contributed by atoms with Crippen molar-refractivity contribution in [3.63, 3.8) is 0 Å². The summed E-state index contributed by atoms with van der Waals surface area (Å²) in [5.41, 5.74) is 2.38. The van der Waals surface area contributed by atoms with Crippen LogP contribution in [0, 0.1) is 0 Å². The first-order chi connectivity index (χ1) is 13.6. The summed E-state index contributed by atoms with van der Waals surface area (Å²) < 4.78 is 5.10. The molecule has 1 amide bonds. The molecule has 0 spiro atoms. The van der Waals surface area contributed by atoms with Crippen molar-refractivity contribution in [1.82, 2.24) is 9.88 Å². The van der Waals surface area contributed by atoms with Crippen LogP contribution >= 0.6 is 0 Å². The second-order valence-electron chi connectivity index (χ2n) is 6.57. The lowest BCUT2D eigenvalue weighted by Crippen LogP contribution is -2.46. The molecule has 1 aliphatic rings. The van der Waals surface area contributed by atoms with Crippen LogP contribution in [0.1, 0.15) is 34.6 Å². The molecule has 3 rings (SSSR count). The van der Waals surface area contributed by atoms with E-state index in [1.165, 1.54) is 6.20 Å². The predicted octanol–water partition coefficient (Wildman–Crippen LogP) is 2.65. The molecule has 148 valence electrons. The van der Waals surface area contributed by atoms with E-state index in [1.54, 1.807) is 37.4 Å². The predicted molar refractivity (Wildman–Crippen MR) is 109 cm³/mol. The zero-order valence-electron chi connectivity index (χ0n) is 16.4. The highest BCUT2D eigenvalue weighted by atomic mass is 16.5. The number of esters is 1. The highest BCUT2D eigenvalue weighted by Crippen LogP contribution is 2.29. The first kappa shape index (κ1) is 19.8. The van der Waals surface area contributed by atoms with Crippen molar-refractivity contribution in [1.29, 1.82) is 0 Å². The molecule has 1 fully saturated rings. The molecule has 0 bridgehead atoms. The van der Waals surface area contributed by atoms with Gasteiger partial charge in [-0.1, -0.05) is 6.92 Å². The third kappa shape index (κ3) is 4.67. The summed E-state index contributed by atoms with van der Waals surface area (Å²) in [7, 11) is 0. The molecule has 2 heterocycles. The molecular formula is C21H26N4O3. The number of nitrogens with one attached hydrogen (secondary N) is 1. The number of anilines is 2. The molecule has 1 aromatic carbocycles. The Morgan fingerprint density at radius 2 is 1.89 bits per heavy atom. The number of nitrogens with zero attached hydrogens (tertiary/aromatic N) is 3. The van der Waals surface area contributed by atoms with E-state index in [9.17, 15) is 9.59 Å². The Hall–Kier alpha value is -2.93. The zero-order chi connectivity index (χ0) is 19.9. The Kier molecular flexibility index (Phi) is 6.60. The van der Waals surface area contributed by atoms with Gasteiger partial charge in [-0.25, -0.2) is 4.79 Å². The fourth-order valence-corrected chi connectivity index (χ4v) is 3.25. The van der Waals surface area contributed by atoms with Gasteiger partial charge in [0.25, 0.3) is 5.91 Å². The molecule has 0 atom stereocenters. The Balaban J connectivity index is 1.88. The molecule has 0 unspecified atom stereocenters. The second kappa shape index (κ2) is 9.32. The summed E-state index contributed by atoms with van der Waals surface area (Å²) in [5, 5.41) is 2.94. The average Bonchev–Trinajstić information content (AvgIpc) is 2.74. The van der Waals surface area contributed by atoms with Crippen molar-refractivity contribution in [2.45, 2.75) is 13.8 Å². The Morgan fingerprint density at radius 3 is 2.54 bits per heavy atom. The maximum atomic E-state index is 12.7. The first-order valence-electron chi connectivity index (χ1n) is 9.62. The standard InChI is InChI=1S/C21H26N4O3/c1-3-24-10-12-25(13-11-24)19-8-7-16(21(27)28-4-2)14-18(19)23-20(26)17-6-5-9-22-15-17/h5-9,14-15H,3-4,10-13H2,1-2H3,(H,23,26). The topological polar surface area (TPSA) is 74.8 Å². The molecule has 1 aliphatic heterocycles.